The molecule has 0 unspecified atom stereocenters. The lowest BCUT2D eigenvalue weighted by Crippen LogP contribution is -1.89. The van der Waals surface area contributed by atoms with Crippen molar-refractivity contribution >= 4 is 15.9 Å². The SMILES string of the molecule is COc1c(C)ccnc1Br. The molecule has 0 aliphatic rings. The third-order valence-electron chi connectivity index (χ3n) is 1.26. The van der Waals surface area contributed by atoms with Crippen molar-refractivity contribution < 1.29 is 4.74 Å². The van der Waals surface area contributed by atoms with Crippen LogP contribution in [0.3, 0.4) is 0 Å². The molecule has 0 saturated heterocycles. The van der Waals surface area contributed by atoms with Gasteiger partial charge < -0.3 is 4.74 Å². The van der Waals surface area contributed by atoms with Gasteiger partial charge in [0.25, 0.3) is 0 Å². The maximum Gasteiger partial charge on any atom is 0.154 e. The van der Waals surface area contributed by atoms with E-state index in [0.29, 0.717) is 0 Å². The summed E-state index contributed by atoms with van der Waals surface area (Å²) in [7, 11) is 1.63. The molecular weight excluding hydrogens is 194 g/mol. The normalized spacial score (nSPS) is 9.50. The molecule has 1 rings (SSSR count). The van der Waals surface area contributed by atoms with E-state index in [-0.39, 0.29) is 0 Å². The van der Waals surface area contributed by atoms with Gasteiger partial charge in [0.15, 0.2) is 5.75 Å². The van der Waals surface area contributed by atoms with Crippen molar-refractivity contribution in [3.8, 4) is 5.75 Å². The van der Waals surface area contributed by atoms with Crippen molar-refractivity contribution in [2.45, 2.75) is 6.92 Å². The Morgan fingerprint density at radius 2 is 2.30 bits per heavy atom. The Balaban J connectivity index is 3.17. The van der Waals surface area contributed by atoms with Crippen LogP contribution in [0, 0.1) is 6.92 Å². The van der Waals surface area contributed by atoms with Gasteiger partial charge in [-0.25, -0.2) is 4.98 Å². The number of aryl methyl sites for hydroxylation is 1. The number of aromatic nitrogens is 1. The third-order valence-corrected chi connectivity index (χ3v) is 1.83. The fourth-order valence-corrected chi connectivity index (χ4v) is 1.35. The first-order valence-electron chi connectivity index (χ1n) is 2.91. The van der Waals surface area contributed by atoms with Gasteiger partial charge in [-0.2, -0.15) is 0 Å². The van der Waals surface area contributed by atoms with Crippen LogP contribution in [0.5, 0.6) is 5.75 Å². The smallest absolute Gasteiger partial charge is 0.154 e. The fourth-order valence-electron chi connectivity index (χ4n) is 0.757. The third kappa shape index (κ3) is 1.29. The van der Waals surface area contributed by atoms with Crippen LogP contribution in [0.2, 0.25) is 0 Å². The Morgan fingerprint density at radius 3 is 2.70 bits per heavy atom. The summed E-state index contributed by atoms with van der Waals surface area (Å²) >= 11 is 3.27. The number of rotatable bonds is 1. The first-order chi connectivity index (χ1) is 4.75. The largest absolute Gasteiger partial charge is 0.494 e. The average Bonchev–Trinajstić information content (AvgIpc) is 1.88. The molecule has 54 valence electrons. The van der Waals surface area contributed by atoms with E-state index in [9.17, 15) is 0 Å². The molecule has 0 aliphatic carbocycles. The van der Waals surface area contributed by atoms with Crippen LogP contribution in [0.25, 0.3) is 0 Å². The minimum atomic E-state index is 0.759. The predicted molar refractivity (Wildman–Crippen MR) is 43.2 cm³/mol. The van der Waals surface area contributed by atoms with E-state index in [0.717, 1.165) is 15.9 Å². The highest BCUT2D eigenvalue weighted by atomic mass is 79.9. The summed E-state index contributed by atoms with van der Waals surface area (Å²) in [5, 5.41) is 0. The standard InChI is InChI=1S/C7H8BrNO/c1-5-3-4-9-7(8)6(5)10-2/h3-4H,1-2H3. The maximum absolute atomic E-state index is 5.07. The van der Waals surface area contributed by atoms with E-state index in [1.165, 1.54) is 0 Å². The van der Waals surface area contributed by atoms with Gasteiger partial charge in [0, 0.05) is 6.20 Å². The molecule has 0 aromatic carbocycles. The van der Waals surface area contributed by atoms with Crippen LogP contribution in [-0.2, 0) is 0 Å². The second-order valence-corrected chi connectivity index (χ2v) is 2.70. The molecular formula is C7H8BrNO. The zero-order valence-corrected chi connectivity index (χ0v) is 7.47. The van der Waals surface area contributed by atoms with Crippen molar-refractivity contribution in [2.24, 2.45) is 0 Å². The molecule has 0 bridgehead atoms. The molecule has 2 nitrogen and oxygen atoms in total. The van der Waals surface area contributed by atoms with E-state index < -0.39 is 0 Å². The summed E-state index contributed by atoms with van der Waals surface area (Å²) in [6.45, 7) is 1.98. The van der Waals surface area contributed by atoms with Gasteiger partial charge in [0.2, 0.25) is 0 Å². The van der Waals surface area contributed by atoms with E-state index in [1.807, 2.05) is 13.0 Å². The molecule has 0 aliphatic heterocycles. The van der Waals surface area contributed by atoms with Crippen LogP contribution >= 0.6 is 15.9 Å². The second kappa shape index (κ2) is 3.01. The number of hydrogen-bond donors (Lipinski definition) is 0. The molecule has 0 atom stereocenters. The highest BCUT2D eigenvalue weighted by Crippen LogP contribution is 2.24. The minimum Gasteiger partial charge on any atom is -0.494 e. The zero-order chi connectivity index (χ0) is 7.56. The highest BCUT2D eigenvalue weighted by Gasteiger charge is 2.01. The monoisotopic (exact) mass is 201 g/mol. The number of methoxy groups -OCH3 is 1. The van der Waals surface area contributed by atoms with Crippen molar-refractivity contribution in [1.29, 1.82) is 0 Å². The molecule has 0 fully saturated rings. The van der Waals surface area contributed by atoms with Crippen molar-refractivity contribution in [3.63, 3.8) is 0 Å². The van der Waals surface area contributed by atoms with Gasteiger partial charge in [-0.05, 0) is 34.5 Å². The van der Waals surface area contributed by atoms with Crippen molar-refractivity contribution in [3.05, 3.63) is 22.4 Å². The van der Waals surface area contributed by atoms with E-state index in [1.54, 1.807) is 13.3 Å². The quantitative estimate of drug-likeness (QED) is 0.651. The zero-order valence-electron chi connectivity index (χ0n) is 5.89. The lowest BCUT2D eigenvalue weighted by atomic mass is 10.3. The summed E-state index contributed by atoms with van der Waals surface area (Å²) in [5.41, 5.74) is 1.09. The Labute approximate surface area is 68.4 Å². The van der Waals surface area contributed by atoms with Gasteiger partial charge in [0.1, 0.15) is 4.60 Å². The molecule has 0 spiro atoms. The molecule has 0 N–H and O–H groups in total. The Morgan fingerprint density at radius 1 is 1.60 bits per heavy atom. The lowest BCUT2D eigenvalue weighted by molar-refractivity contribution is 0.406. The summed E-state index contributed by atoms with van der Waals surface area (Å²) in [6, 6.07) is 1.91. The highest BCUT2D eigenvalue weighted by molar-refractivity contribution is 9.10. The van der Waals surface area contributed by atoms with Gasteiger partial charge in [-0.1, -0.05) is 0 Å². The van der Waals surface area contributed by atoms with Crippen LogP contribution in [0.4, 0.5) is 0 Å². The topological polar surface area (TPSA) is 22.1 Å². The summed E-state index contributed by atoms with van der Waals surface area (Å²) in [6.07, 6.45) is 1.74. The summed E-state index contributed by atoms with van der Waals surface area (Å²) in [5.74, 6) is 0.808. The van der Waals surface area contributed by atoms with Crippen LogP contribution in [0.15, 0.2) is 16.9 Å². The fraction of sp³-hybridized carbons (Fsp3) is 0.286. The van der Waals surface area contributed by atoms with Crippen LogP contribution in [-0.4, -0.2) is 12.1 Å². The predicted octanol–water partition coefficient (Wildman–Crippen LogP) is 2.16. The molecule has 0 saturated carbocycles. The van der Waals surface area contributed by atoms with E-state index in [4.69, 9.17) is 4.74 Å². The van der Waals surface area contributed by atoms with Gasteiger partial charge in [-0.15, -0.1) is 0 Å². The number of hydrogen-bond acceptors (Lipinski definition) is 2. The van der Waals surface area contributed by atoms with Gasteiger partial charge >= 0.3 is 0 Å². The van der Waals surface area contributed by atoms with Crippen LogP contribution in [0.1, 0.15) is 5.56 Å². The van der Waals surface area contributed by atoms with E-state index in [2.05, 4.69) is 20.9 Å². The van der Waals surface area contributed by atoms with Crippen molar-refractivity contribution in [1.82, 2.24) is 4.98 Å². The second-order valence-electron chi connectivity index (χ2n) is 1.95. The number of ether oxygens (including phenoxy) is 1. The van der Waals surface area contributed by atoms with Gasteiger partial charge in [-0.3, -0.25) is 0 Å². The maximum atomic E-state index is 5.07. The molecule has 3 heteroatoms. The molecule has 1 aromatic heterocycles. The first kappa shape index (κ1) is 7.54. The van der Waals surface area contributed by atoms with Crippen LogP contribution < -0.4 is 4.74 Å². The number of pyridine rings is 1. The summed E-state index contributed by atoms with van der Waals surface area (Å²) < 4.78 is 5.83. The summed E-state index contributed by atoms with van der Waals surface area (Å²) in [4.78, 5) is 4.00. The Hall–Kier alpha value is -0.570. The lowest BCUT2D eigenvalue weighted by Gasteiger charge is -2.03. The minimum absolute atomic E-state index is 0.759. The van der Waals surface area contributed by atoms with E-state index >= 15 is 0 Å². The molecule has 1 heterocycles. The molecule has 0 amide bonds. The average molecular weight is 202 g/mol. The molecule has 10 heavy (non-hydrogen) atoms. The molecule has 1 aromatic rings. The number of halogens is 1. The molecule has 0 radical (unpaired) electrons. The number of nitrogens with zero attached hydrogens (tertiary/aromatic N) is 1. The van der Waals surface area contributed by atoms with Gasteiger partial charge in [0.05, 0.1) is 7.11 Å². The Bertz CT molecular complexity index is 217. The van der Waals surface area contributed by atoms with Crippen molar-refractivity contribution in [2.75, 3.05) is 7.11 Å². The Kier molecular flexibility index (Phi) is 2.27. The first-order valence-corrected chi connectivity index (χ1v) is 3.70.